The van der Waals surface area contributed by atoms with Crippen LogP contribution in [0.15, 0.2) is 52.5 Å². The molecule has 0 aliphatic carbocycles. The van der Waals surface area contributed by atoms with Gasteiger partial charge in [0, 0.05) is 11.3 Å². The van der Waals surface area contributed by atoms with E-state index in [1.807, 2.05) is 46.8 Å². The van der Waals surface area contributed by atoms with Crippen LogP contribution in [0, 0.1) is 5.41 Å². The van der Waals surface area contributed by atoms with Gasteiger partial charge >= 0.3 is 0 Å². The highest BCUT2D eigenvalue weighted by molar-refractivity contribution is 8.04. The van der Waals surface area contributed by atoms with Gasteiger partial charge in [-0.15, -0.1) is 0 Å². The molecule has 190 valence electrons. The number of hydrogen-bond donors (Lipinski definition) is 2. The monoisotopic (exact) mass is 484 g/mol. The Hall–Kier alpha value is -2.27. The van der Waals surface area contributed by atoms with Crippen LogP contribution in [0.3, 0.4) is 0 Å². The summed E-state index contributed by atoms with van der Waals surface area (Å²) in [7, 11) is 0. The van der Waals surface area contributed by atoms with Gasteiger partial charge in [0.1, 0.15) is 17.5 Å². The summed E-state index contributed by atoms with van der Waals surface area (Å²) in [6, 6.07) is 0.228. The number of nitrogens with zero attached hydrogens (tertiary/aromatic N) is 2. The van der Waals surface area contributed by atoms with Crippen LogP contribution in [0.4, 0.5) is 11.6 Å². The van der Waals surface area contributed by atoms with Gasteiger partial charge in [0.15, 0.2) is 0 Å². The molecule has 0 aromatic carbocycles. The van der Waals surface area contributed by atoms with Crippen molar-refractivity contribution in [1.82, 2.24) is 9.97 Å². The fourth-order valence-corrected chi connectivity index (χ4v) is 3.56. The van der Waals surface area contributed by atoms with E-state index in [-0.39, 0.29) is 11.5 Å². The second kappa shape index (κ2) is 16.4. The van der Waals surface area contributed by atoms with Gasteiger partial charge in [-0.2, -0.15) is 0 Å². The third kappa shape index (κ3) is 10.8. The van der Waals surface area contributed by atoms with Gasteiger partial charge in [-0.1, -0.05) is 96.1 Å². The lowest BCUT2D eigenvalue weighted by Gasteiger charge is -2.32. The molecule has 1 atom stereocenters. The summed E-state index contributed by atoms with van der Waals surface area (Å²) in [5.41, 5.74) is 3.61. The zero-order chi connectivity index (χ0) is 26.3. The van der Waals surface area contributed by atoms with Gasteiger partial charge in [0.25, 0.3) is 0 Å². The summed E-state index contributed by atoms with van der Waals surface area (Å²) in [5, 5.41) is 3.62. The summed E-state index contributed by atoms with van der Waals surface area (Å²) in [6.07, 6.45) is 15.5. The average Bonchev–Trinajstić information content (AvgIpc) is 2.82. The molecule has 0 saturated carbocycles. The smallest absolute Gasteiger partial charge is 0.149 e. The molecule has 1 aromatic heterocycles. The number of anilines is 2. The van der Waals surface area contributed by atoms with Crippen LogP contribution >= 0.6 is 11.9 Å². The number of aromatic nitrogens is 2. The minimum Gasteiger partial charge on any atom is -0.363 e. The molecule has 1 aromatic rings. The Morgan fingerprint density at radius 1 is 1.09 bits per heavy atom. The largest absolute Gasteiger partial charge is 0.363 e. The maximum Gasteiger partial charge on any atom is 0.149 e. The first-order valence-electron chi connectivity index (χ1n) is 12.5. The second-order valence-electron chi connectivity index (χ2n) is 8.81. The van der Waals surface area contributed by atoms with Gasteiger partial charge in [-0.25, -0.2) is 9.97 Å². The Morgan fingerprint density at radius 2 is 1.74 bits per heavy atom. The number of allylic oxidation sites excluding steroid dienone is 8. The van der Waals surface area contributed by atoms with E-state index >= 15 is 0 Å². The molecule has 2 N–H and O–H groups in total. The van der Waals surface area contributed by atoms with E-state index in [4.69, 9.17) is 9.97 Å². The lowest BCUT2D eigenvalue weighted by molar-refractivity contribution is 0.383. The Morgan fingerprint density at radius 3 is 2.29 bits per heavy atom. The maximum atomic E-state index is 4.88. The zero-order valence-corrected chi connectivity index (χ0v) is 24.4. The van der Waals surface area contributed by atoms with Gasteiger partial charge in [-0.05, 0) is 58.1 Å². The van der Waals surface area contributed by atoms with Gasteiger partial charge in [0.2, 0.25) is 0 Å². The third-order valence-corrected chi connectivity index (χ3v) is 5.62. The van der Waals surface area contributed by atoms with E-state index in [0.717, 1.165) is 29.4 Å². The van der Waals surface area contributed by atoms with Crippen molar-refractivity contribution in [2.75, 3.05) is 10.0 Å². The first-order chi connectivity index (χ1) is 16.1. The Balaban J connectivity index is 0.00000258. The van der Waals surface area contributed by atoms with E-state index in [1.165, 1.54) is 16.1 Å². The van der Waals surface area contributed by atoms with Crippen molar-refractivity contribution in [3.8, 4) is 0 Å². The molecule has 0 spiro atoms. The fourth-order valence-electron chi connectivity index (χ4n) is 3.00. The first-order valence-corrected chi connectivity index (χ1v) is 13.3. The highest BCUT2D eigenvalue weighted by Gasteiger charge is 2.27. The van der Waals surface area contributed by atoms with Crippen LogP contribution in [-0.2, 0) is 6.42 Å². The van der Waals surface area contributed by atoms with Crippen molar-refractivity contribution >= 4 is 29.7 Å². The molecule has 0 bridgehead atoms. The molecule has 1 unspecified atom stereocenters. The molecule has 0 radical (unpaired) electrons. The molecule has 2 rings (SSSR count). The highest BCUT2D eigenvalue weighted by atomic mass is 32.2. The van der Waals surface area contributed by atoms with E-state index < -0.39 is 0 Å². The van der Waals surface area contributed by atoms with E-state index in [0.29, 0.717) is 0 Å². The molecule has 0 saturated heterocycles. The van der Waals surface area contributed by atoms with E-state index in [2.05, 4.69) is 88.9 Å². The van der Waals surface area contributed by atoms with Crippen LogP contribution in [-0.4, -0.2) is 16.0 Å². The molecule has 1 aliphatic heterocycles. The lowest BCUT2D eigenvalue weighted by Crippen LogP contribution is -2.34. The fraction of sp³-hybridized carbons (Fsp3) is 0.517. The maximum absolute atomic E-state index is 4.88. The quantitative estimate of drug-likeness (QED) is 0.298. The normalized spacial score (nSPS) is 16.1. The number of fused-ring (bicyclic) bond motifs is 1. The molecule has 5 heteroatoms. The minimum atomic E-state index is 0.103. The van der Waals surface area contributed by atoms with Gasteiger partial charge in [0.05, 0.1) is 11.6 Å². The molecule has 4 nitrogen and oxygen atoms in total. The summed E-state index contributed by atoms with van der Waals surface area (Å²) >= 11 is 1.57. The van der Waals surface area contributed by atoms with Crippen molar-refractivity contribution in [1.29, 1.82) is 0 Å². The van der Waals surface area contributed by atoms with Crippen LogP contribution in [0.2, 0.25) is 0 Å². The third-order valence-electron chi connectivity index (χ3n) is 4.87. The van der Waals surface area contributed by atoms with Crippen molar-refractivity contribution < 1.29 is 0 Å². The molecule has 1 aliphatic rings. The van der Waals surface area contributed by atoms with Crippen molar-refractivity contribution in [2.45, 2.75) is 95.5 Å². The lowest BCUT2D eigenvalue weighted by atomic mass is 9.85. The summed E-state index contributed by atoms with van der Waals surface area (Å²) < 4.78 is 3.44. The summed E-state index contributed by atoms with van der Waals surface area (Å²) in [4.78, 5) is 10.9. The Bertz CT molecular complexity index is 899. The Labute approximate surface area is 214 Å². The van der Waals surface area contributed by atoms with E-state index in [1.54, 1.807) is 11.9 Å². The Kier molecular flexibility index (Phi) is 15.3. The molecule has 0 amide bonds. The highest BCUT2D eigenvalue weighted by Crippen LogP contribution is 2.34. The number of hydrogen-bond acceptors (Lipinski definition) is 5. The number of nitrogens with one attached hydrogen (secondary N) is 2. The SMILES string of the molecule is C/C=C\C=C(/C)SNc1nc(C/C(C)=C\C(C)=C/C)nc2c1C=CC(C(C)(C)C)N2.CC.CC. The van der Waals surface area contributed by atoms with Gasteiger partial charge in [-0.3, -0.25) is 0 Å². The molecular formula is C29H48N4S. The summed E-state index contributed by atoms with van der Waals surface area (Å²) in [6.45, 7) is 25.1. The van der Waals surface area contributed by atoms with Crippen molar-refractivity contribution in [3.05, 3.63) is 63.9 Å². The van der Waals surface area contributed by atoms with Crippen molar-refractivity contribution in [2.24, 2.45) is 5.41 Å². The topological polar surface area (TPSA) is 49.8 Å². The zero-order valence-electron chi connectivity index (χ0n) is 23.6. The van der Waals surface area contributed by atoms with E-state index in [9.17, 15) is 0 Å². The predicted octanol–water partition coefficient (Wildman–Crippen LogP) is 9.38. The first kappa shape index (κ1) is 31.7. The second-order valence-corrected chi connectivity index (χ2v) is 9.86. The average molecular weight is 485 g/mol. The van der Waals surface area contributed by atoms with Gasteiger partial charge < -0.3 is 10.0 Å². The molecular weight excluding hydrogens is 436 g/mol. The van der Waals surface area contributed by atoms with Crippen LogP contribution < -0.4 is 10.0 Å². The standard InChI is InChI=1S/C25H36N4S.2C2H6/c1-9-11-12-19(5)30-29-24-20-13-14-21(25(6,7)8)26-23(20)27-22(28-24)16-18(4)15-17(3)10-2;2*1-2/h9-15,21H,16H2,1-8H3,(H2,26,27,28,29);2*1-2H3/b11-9-,17-10-,18-15-,19-12+;;. The minimum absolute atomic E-state index is 0.103. The van der Waals surface area contributed by atoms with Crippen LogP contribution in [0.25, 0.3) is 6.08 Å². The number of rotatable bonds is 7. The predicted molar refractivity (Wildman–Crippen MR) is 157 cm³/mol. The van der Waals surface area contributed by atoms with Crippen LogP contribution in [0.1, 0.15) is 94.5 Å². The molecule has 2 heterocycles. The summed E-state index contributed by atoms with van der Waals surface area (Å²) in [5.74, 6) is 2.57. The van der Waals surface area contributed by atoms with Crippen molar-refractivity contribution in [3.63, 3.8) is 0 Å². The molecule has 0 fully saturated rings. The van der Waals surface area contributed by atoms with Crippen LogP contribution in [0.5, 0.6) is 0 Å². The molecule has 34 heavy (non-hydrogen) atoms.